The van der Waals surface area contributed by atoms with Crippen LogP contribution in [0.4, 0.5) is 0 Å². The molecule has 150 valence electrons. The Morgan fingerprint density at radius 3 is 2.47 bits per heavy atom. The van der Waals surface area contributed by atoms with Crippen LogP contribution in [0.25, 0.3) is 22.3 Å². The number of hydrogen-bond donors (Lipinski definition) is 0. The number of hydrogen-bond acceptors (Lipinski definition) is 1. The minimum atomic E-state index is 0.0777. The van der Waals surface area contributed by atoms with E-state index in [0.29, 0.717) is 18.4 Å². The van der Waals surface area contributed by atoms with E-state index in [4.69, 9.17) is 0 Å². The van der Waals surface area contributed by atoms with Gasteiger partial charge in [-0.3, -0.25) is 4.79 Å². The molecule has 6 rings (SSSR count). The molecule has 1 amide bonds. The average Bonchev–Trinajstić information content (AvgIpc) is 3.14. The molecule has 0 spiro atoms. The number of carbonyl (C=O) groups excluding carboxylic acids is 1. The normalized spacial score (nSPS) is 24.1. The molecule has 2 atom stereocenters. The van der Waals surface area contributed by atoms with Crippen molar-refractivity contribution in [2.75, 3.05) is 7.05 Å². The first-order valence-corrected chi connectivity index (χ1v) is 11.2. The Hall–Kier alpha value is -2.87. The Morgan fingerprint density at radius 2 is 1.60 bits per heavy atom. The Kier molecular flexibility index (Phi) is 3.78. The van der Waals surface area contributed by atoms with E-state index >= 15 is 0 Å². The highest BCUT2D eigenvalue weighted by Gasteiger charge is 2.46. The predicted molar refractivity (Wildman–Crippen MR) is 122 cm³/mol. The van der Waals surface area contributed by atoms with E-state index in [9.17, 15) is 4.79 Å². The third-order valence-corrected chi connectivity index (χ3v) is 7.99. The number of fused-ring (bicyclic) bond motifs is 6. The molecule has 0 saturated carbocycles. The lowest BCUT2D eigenvalue weighted by atomic mass is 9.63. The van der Waals surface area contributed by atoms with Gasteiger partial charge in [0, 0.05) is 24.9 Å². The molecule has 0 aromatic heterocycles. The van der Waals surface area contributed by atoms with Crippen molar-refractivity contribution in [1.29, 1.82) is 0 Å². The third kappa shape index (κ3) is 2.46. The van der Waals surface area contributed by atoms with Gasteiger partial charge in [0.05, 0.1) is 0 Å². The summed E-state index contributed by atoms with van der Waals surface area (Å²) in [6.45, 7) is 2.37. The molecule has 30 heavy (non-hydrogen) atoms. The zero-order chi connectivity index (χ0) is 20.5. The molecule has 0 N–H and O–H groups in total. The van der Waals surface area contributed by atoms with Crippen molar-refractivity contribution in [2.24, 2.45) is 0 Å². The van der Waals surface area contributed by atoms with Crippen molar-refractivity contribution in [2.45, 2.75) is 50.5 Å². The monoisotopic (exact) mass is 393 g/mol. The molecule has 3 aromatic carbocycles. The van der Waals surface area contributed by atoms with Crippen molar-refractivity contribution in [3.8, 4) is 22.3 Å². The summed E-state index contributed by atoms with van der Waals surface area (Å²) in [5.74, 6) is 0.302. The fourth-order valence-electron chi connectivity index (χ4n) is 6.29. The van der Waals surface area contributed by atoms with E-state index in [0.717, 1.165) is 25.7 Å². The Morgan fingerprint density at radius 1 is 0.867 bits per heavy atom. The Bertz CT molecular complexity index is 1190. The standard InChI is InChI=1S/C28H27NO/c1-28-14-13-27(30)29(2)26(28)12-9-21-15-19(8-11-25(21)28)18-7-10-24-22(16-18)17-20-5-3-4-6-23(20)24/h3-8,10-11,15-16,26H,9,12-14,17H2,1-2H3/t26?,28-/m1/s1. The number of amides is 1. The summed E-state index contributed by atoms with van der Waals surface area (Å²) in [7, 11) is 1.99. The van der Waals surface area contributed by atoms with Crippen LogP contribution in [-0.4, -0.2) is 23.9 Å². The molecule has 3 aliphatic rings. The van der Waals surface area contributed by atoms with Crippen LogP contribution < -0.4 is 0 Å². The Labute approximate surface area is 178 Å². The minimum absolute atomic E-state index is 0.0777. The van der Waals surface area contributed by atoms with Gasteiger partial charge in [-0.15, -0.1) is 0 Å². The summed E-state index contributed by atoms with van der Waals surface area (Å²) in [6, 6.07) is 23.1. The summed E-state index contributed by atoms with van der Waals surface area (Å²) in [4.78, 5) is 14.3. The summed E-state index contributed by atoms with van der Waals surface area (Å²) in [5.41, 5.74) is 11.3. The molecule has 0 bridgehead atoms. The van der Waals surface area contributed by atoms with Gasteiger partial charge in [0.1, 0.15) is 0 Å². The number of nitrogens with zero attached hydrogens (tertiary/aromatic N) is 1. The van der Waals surface area contributed by atoms with Crippen molar-refractivity contribution in [1.82, 2.24) is 4.90 Å². The lowest BCUT2D eigenvalue weighted by molar-refractivity contribution is -0.138. The predicted octanol–water partition coefficient (Wildman–Crippen LogP) is 5.75. The first-order valence-electron chi connectivity index (χ1n) is 11.2. The summed E-state index contributed by atoms with van der Waals surface area (Å²) >= 11 is 0. The quantitative estimate of drug-likeness (QED) is 0.403. The van der Waals surface area contributed by atoms with Crippen molar-refractivity contribution < 1.29 is 4.79 Å². The number of piperidine rings is 1. The van der Waals surface area contributed by atoms with E-state index < -0.39 is 0 Å². The number of likely N-dealkylation sites (N-methyl/N-ethyl adjacent to an activating group) is 1. The van der Waals surface area contributed by atoms with Crippen molar-refractivity contribution in [3.05, 3.63) is 82.9 Å². The maximum absolute atomic E-state index is 12.2. The smallest absolute Gasteiger partial charge is 0.222 e. The van der Waals surface area contributed by atoms with Crippen LogP contribution in [0, 0.1) is 0 Å². The van der Waals surface area contributed by atoms with E-state index in [2.05, 4.69) is 67.6 Å². The molecular weight excluding hydrogens is 366 g/mol. The van der Waals surface area contributed by atoms with Gasteiger partial charge >= 0.3 is 0 Å². The topological polar surface area (TPSA) is 20.3 Å². The molecular formula is C28H27NO. The molecule has 2 aliphatic carbocycles. The fraction of sp³-hybridized carbons (Fsp3) is 0.321. The van der Waals surface area contributed by atoms with E-state index in [1.54, 1.807) is 0 Å². The van der Waals surface area contributed by atoms with E-state index in [1.807, 2.05) is 11.9 Å². The highest BCUT2D eigenvalue weighted by atomic mass is 16.2. The first-order chi connectivity index (χ1) is 14.5. The van der Waals surface area contributed by atoms with Gasteiger partial charge in [0.2, 0.25) is 5.91 Å². The van der Waals surface area contributed by atoms with Crippen LogP contribution in [0.3, 0.4) is 0 Å². The maximum Gasteiger partial charge on any atom is 0.222 e. The Balaban J connectivity index is 1.37. The highest BCUT2D eigenvalue weighted by molar-refractivity contribution is 5.81. The van der Waals surface area contributed by atoms with Gasteiger partial charge in [-0.2, -0.15) is 0 Å². The molecule has 1 fully saturated rings. The van der Waals surface area contributed by atoms with Gasteiger partial charge in [-0.1, -0.05) is 67.6 Å². The zero-order valence-electron chi connectivity index (χ0n) is 17.7. The van der Waals surface area contributed by atoms with Gasteiger partial charge in [0.25, 0.3) is 0 Å². The van der Waals surface area contributed by atoms with Crippen LogP contribution in [-0.2, 0) is 23.1 Å². The lowest BCUT2D eigenvalue weighted by Crippen LogP contribution is -2.56. The molecule has 2 heteroatoms. The van der Waals surface area contributed by atoms with Gasteiger partial charge in [-0.05, 0) is 70.2 Å². The molecule has 1 aliphatic heterocycles. The van der Waals surface area contributed by atoms with E-state index in [1.165, 1.54) is 44.5 Å². The molecule has 1 heterocycles. The molecule has 3 aromatic rings. The van der Waals surface area contributed by atoms with Crippen LogP contribution in [0.5, 0.6) is 0 Å². The van der Waals surface area contributed by atoms with Gasteiger partial charge < -0.3 is 4.90 Å². The van der Waals surface area contributed by atoms with Crippen LogP contribution in [0.15, 0.2) is 60.7 Å². The number of rotatable bonds is 1. The zero-order valence-corrected chi connectivity index (χ0v) is 17.7. The number of aryl methyl sites for hydroxylation is 1. The van der Waals surface area contributed by atoms with Crippen LogP contribution >= 0.6 is 0 Å². The molecule has 1 saturated heterocycles. The number of benzene rings is 3. The number of carbonyl (C=O) groups is 1. The van der Waals surface area contributed by atoms with Crippen molar-refractivity contribution >= 4 is 5.91 Å². The second-order valence-electron chi connectivity index (χ2n) is 9.55. The van der Waals surface area contributed by atoms with Crippen molar-refractivity contribution in [3.63, 3.8) is 0 Å². The van der Waals surface area contributed by atoms with Gasteiger partial charge in [0.15, 0.2) is 0 Å². The highest BCUT2D eigenvalue weighted by Crippen LogP contribution is 2.46. The molecule has 0 radical (unpaired) electrons. The second kappa shape index (κ2) is 6.31. The van der Waals surface area contributed by atoms with E-state index in [-0.39, 0.29) is 5.41 Å². The third-order valence-electron chi connectivity index (χ3n) is 7.99. The lowest BCUT2D eigenvalue weighted by Gasteiger charge is -2.50. The SMILES string of the molecule is CN1C(=O)CC[C@]2(C)c3ccc(-c4ccc5c(c4)Cc4ccccc4-5)cc3CCC12. The van der Waals surface area contributed by atoms with Crippen LogP contribution in [0.1, 0.15) is 48.4 Å². The molecule has 1 unspecified atom stereocenters. The average molecular weight is 394 g/mol. The van der Waals surface area contributed by atoms with Gasteiger partial charge in [-0.25, -0.2) is 0 Å². The maximum atomic E-state index is 12.2. The molecule has 2 nitrogen and oxygen atoms in total. The largest absolute Gasteiger partial charge is 0.342 e. The minimum Gasteiger partial charge on any atom is -0.342 e. The fourth-order valence-corrected chi connectivity index (χ4v) is 6.29. The van der Waals surface area contributed by atoms with Crippen LogP contribution in [0.2, 0.25) is 0 Å². The second-order valence-corrected chi connectivity index (χ2v) is 9.55. The summed E-state index contributed by atoms with van der Waals surface area (Å²) in [5, 5.41) is 0. The number of likely N-dealkylation sites (tertiary alicyclic amines) is 1. The first kappa shape index (κ1) is 17.9. The summed E-state index contributed by atoms with van der Waals surface area (Å²) in [6.07, 6.45) is 4.77. The summed E-state index contributed by atoms with van der Waals surface area (Å²) < 4.78 is 0.